The Bertz CT molecular complexity index is 354. The van der Waals surface area contributed by atoms with Crippen molar-refractivity contribution in [1.29, 1.82) is 0 Å². The zero-order valence-electron chi connectivity index (χ0n) is 12.0. The molecule has 102 valence electrons. The maximum absolute atomic E-state index is 5.86. The molecule has 0 saturated heterocycles. The van der Waals surface area contributed by atoms with Crippen LogP contribution >= 0.6 is 0 Å². The first-order chi connectivity index (χ1) is 8.60. The molecule has 0 fully saturated rings. The first-order valence-electron chi connectivity index (χ1n) is 6.70. The van der Waals surface area contributed by atoms with Gasteiger partial charge in [-0.1, -0.05) is 19.1 Å². The fourth-order valence-corrected chi connectivity index (χ4v) is 2.24. The van der Waals surface area contributed by atoms with E-state index in [2.05, 4.69) is 37.8 Å². The Labute approximate surface area is 111 Å². The quantitative estimate of drug-likeness (QED) is 0.756. The lowest BCUT2D eigenvalue weighted by Crippen LogP contribution is -2.37. The predicted molar refractivity (Wildman–Crippen MR) is 77.6 cm³/mol. The maximum Gasteiger partial charge on any atom is 0.0590 e. The standard InChI is InChI=1S/C15H26N2O/c1-5-12(2)17(9-10-18-4)13(3)14-7-6-8-15(16)11-14/h6-8,11-13H,5,9-10,16H2,1-4H3. The molecule has 0 spiro atoms. The summed E-state index contributed by atoms with van der Waals surface area (Å²) in [5.74, 6) is 0. The summed E-state index contributed by atoms with van der Waals surface area (Å²) in [5.41, 5.74) is 7.96. The van der Waals surface area contributed by atoms with Gasteiger partial charge >= 0.3 is 0 Å². The van der Waals surface area contributed by atoms with Gasteiger partial charge < -0.3 is 10.5 Å². The normalized spacial score (nSPS) is 14.7. The van der Waals surface area contributed by atoms with Gasteiger partial charge in [-0.2, -0.15) is 0 Å². The number of ether oxygens (including phenoxy) is 1. The van der Waals surface area contributed by atoms with Crippen molar-refractivity contribution < 1.29 is 4.74 Å². The lowest BCUT2D eigenvalue weighted by atomic mass is 10.0. The molecule has 0 aromatic heterocycles. The van der Waals surface area contributed by atoms with E-state index in [1.807, 2.05) is 12.1 Å². The molecular formula is C15H26N2O. The van der Waals surface area contributed by atoms with Gasteiger partial charge in [0, 0.05) is 31.4 Å². The Morgan fingerprint density at radius 1 is 1.33 bits per heavy atom. The van der Waals surface area contributed by atoms with E-state index >= 15 is 0 Å². The van der Waals surface area contributed by atoms with Crippen LogP contribution in [0.5, 0.6) is 0 Å². The van der Waals surface area contributed by atoms with Crippen molar-refractivity contribution in [3.8, 4) is 0 Å². The Hall–Kier alpha value is -1.06. The Kier molecular flexibility index (Phi) is 6.16. The second-order valence-electron chi connectivity index (χ2n) is 4.83. The molecule has 1 aromatic carbocycles. The van der Waals surface area contributed by atoms with Crippen molar-refractivity contribution in [1.82, 2.24) is 4.90 Å². The van der Waals surface area contributed by atoms with Crippen LogP contribution in [0, 0.1) is 0 Å². The van der Waals surface area contributed by atoms with Gasteiger partial charge in [-0.05, 0) is 38.0 Å². The number of nitrogen functional groups attached to an aromatic ring is 1. The summed E-state index contributed by atoms with van der Waals surface area (Å²) in [5, 5.41) is 0. The molecule has 2 unspecified atom stereocenters. The number of hydrogen-bond acceptors (Lipinski definition) is 3. The first-order valence-corrected chi connectivity index (χ1v) is 6.70. The average Bonchev–Trinajstić information content (AvgIpc) is 2.38. The minimum Gasteiger partial charge on any atom is -0.399 e. The maximum atomic E-state index is 5.86. The van der Waals surface area contributed by atoms with Crippen molar-refractivity contribution in [2.24, 2.45) is 0 Å². The zero-order valence-corrected chi connectivity index (χ0v) is 12.0. The minimum absolute atomic E-state index is 0.360. The number of nitrogens with two attached hydrogens (primary N) is 1. The van der Waals surface area contributed by atoms with Crippen molar-refractivity contribution in [3.05, 3.63) is 29.8 Å². The summed E-state index contributed by atoms with van der Waals surface area (Å²) < 4.78 is 5.21. The van der Waals surface area contributed by atoms with Crippen molar-refractivity contribution in [2.75, 3.05) is 26.0 Å². The summed E-state index contributed by atoms with van der Waals surface area (Å²) in [6.45, 7) is 8.42. The van der Waals surface area contributed by atoms with Crippen LogP contribution in [-0.4, -0.2) is 31.2 Å². The predicted octanol–water partition coefficient (Wildman–Crippen LogP) is 3.08. The highest BCUT2D eigenvalue weighted by atomic mass is 16.5. The number of hydrogen-bond donors (Lipinski definition) is 1. The van der Waals surface area contributed by atoms with E-state index < -0.39 is 0 Å². The fourth-order valence-electron chi connectivity index (χ4n) is 2.24. The van der Waals surface area contributed by atoms with Crippen LogP contribution in [0.15, 0.2) is 24.3 Å². The molecule has 2 N–H and O–H groups in total. The number of nitrogens with zero attached hydrogens (tertiary/aromatic N) is 1. The third-order valence-electron chi connectivity index (χ3n) is 3.60. The van der Waals surface area contributed by atoms with E-state index in [4.69, 9.17) is 10.5 Å². The van der Waals surface area contributed by atoms with Crippen LogP contribution in [0.2, 0.25) is 0 Å². The van der Waals surface area contributed by atoms with Gasteiger partial charge in [0.2, 0.25) is 0 Å². The van der Waals surface area contributed by atoms with E-state index in [-0.39, 0.29) is 0 Å². The van der Waals surface area contributed by atoms with E-state index in [1.54, 1.807) is 7.11 Å². The molecule has 2 atom stereocenters. The molecule has 0 aliphatic carbocycles. The van der Waals surface area contributed by atoms with Gasteiger partial charge in [-0.25, -0.2) is 0 Å². The lowest BCUT2D eigenvalue weighted by Gasteiger charge is -2.34. The SMILES string of the molecule is CCC(C)N(CCOC)C(C)c1cccc(N)c1. The largest absolute Gasteiger partial charge is 0.399 e. The van der Waals surface area contributed by atoms with E-state index in [0.717, 1.165) is 25.3 Å². The van der Waals surface area contributed by atoms with Crippen LogP contribution in [0.1, 0.15) is 38.8 Å². The van der Waals surface area contributed by atoms with E-state index in [1.165, 1.54) is 5.56 Å². The molecule has 0 saturated carbocycles. The molecule has 18 heavy (non-hydrogen) atoms. The van der Waals surface area contributed by atoms with E-state index in [0.29, 0.717) is 12.1 Å². The minimum atomic E-state index is 0.360. The van der Waals surface area contributed by atoms with Gasteiger partial charge in [-0.3, -0.25) is 4.90 Å². The number of rotatable bonds is 7. The van der Waals surface area contributed by atoms with Gasteiger partial charge in [0.05, 0.1) is 6.61 Å². The van der Waals surface area contributed by atoms with Gasteiger partial charge in [-0.15, -0.1) is 0 Å². The lowest BCUT2D eigenvalue weighted by molar-refractivity contribution is 0.0940. The molecule has 3 heteroatoms. The topological polar surface area (TPSA) is 38.5 Å². The molecule has 0 amide bonds. The monoisotopic (exact) mass is 250 g/mol. The second-order valence-corrected chi connectivity index (χ2v) is 4.83. The Balaban J connectivity index is 2.83. The average molecular weight is 250 g/mol. The Morgan fingerprint density at radius 3 is 2.61 bits per heavy atom. The van der Waals surface area contributed by atoms with Gasteiger partial charge in [0.1, 0.15) is 0 Å². The highest BCUT2D eigenvalue weighted by Crippen LogP contribution is 2.24. The molecule has 0 bridgehead atoms. The number of benzene rings is 1. The van der Waals surface area contributed by atoms with Crippen molar-refractivity contribution in [3.63, 3.8) is 0 Å². The van der Waals surface area contributed by atoms with Crippen LogP contribution < -0.4 is 5.73 Å². The second kappa shape index (κ2) is 7.39. The summed E-state index contributed by atoms with van der Waals surface area (Å²) in [4.78, 5) is 2.47. The molecule has 1 aromatic rings. The smallest absolute Gasteiger partial charge is 0.0590 e. The molecular weight excluding hydrogens is 224 g/mol. The molecule has 0 aliphatic heterocycles. The van der Waals surface area contributed by atoms with Crippen LogP contribution in [0.25, 0.3) is 0 Å². The van der Waals surface area contributed by atoms with Crippen LogP contribution in [0.3, 0.4) is 0 Å². The summed E-state index contributed by atoms with van der Waals surface area (Å²) in [6, 6.07) is 9.05. The van der Waals surface area contributed by atoms with Gasteiger partial charge in [0.25, 0.3) is 0 Å². The Morgan fingerprint density at radius 2 is 2.06 bits per heavy atom. The van der Waals surface area contributed by atoms with Crippen molar-refractivity contribution >= 4 is 5.69 Å². The third-order valence-corrected chi connectivity index (χ3v) is 3.60. The zero-order chi connectivity index (χ0) is 13.5. The number of methoxy groups -OCH3 is 1. The summed E-state index contributed by atoms with van der Waals surface area (Å²) in [6.07, 6.45) is 1.14. The van der Waals surface area contributed by atoms with Gasteiger partial charge in [0.15, 0.2) is 0 Å². The highest BCUT2D eigenvalue weighted by Gasteiger charge is 2.20. The van der Waals surface area contributed by atoms with Crippen LogP contribution in [-0.2, 0) is 4.74 Å². The molecule has 0 aliphatic rings. The summed E-state index contributed by atoms with van der Waals surface area (Å²) >= 11 is 0. The molecule has 3 nitrogen and oxygen atoms in total. The molecule has 0 heterocycles. The molecule has 0 radical (unpaired) electrons. The summed E-state index contributed by atoms with van der Waals surface area (Å²) in [7, 11) is 1.75. The van der Waals surface area contributed by atoms with E-state index in [9.17, 15) is 0 Å². The fraction of sp³-hybridized carbons (Fsp3) is 0.600. The first kappa shape index (κ1) is 15.0. The highest BCUT2D eigenvalue weighted by molar-refractivity contribution is 5.41. The van der Waals surface area contributed by atoms with Crippen molar-refractivity contribution in [2.45, 2.75) is 39.3 Å². The molecule has 1 rings (SSSR count). The van der Waals surface area contributed by atoms with Crippen LogP contribution in [0.4, 0.5) is 5.69 Å². The third kappa shape index (κ3) is 4.00. The number of anilines is 1.